The average Bonchev–Trinajstić information content (AvgIpc) is 0. The van der Waals surface area contributed by atoms with Gasteiger partial charge in [0.1, 0.15) is 0 Å². The summed E-state index contributed by atoms with van der Waals surface area (Å²) >= 11 is 0. The molecule has 4 heteroatoms. The van der Waals surface area contributed by atoms with Crippen LogP contribution >= 0.6 is 0 Å². The second-order valence-corrected chi connectivity index (χ2v) is 0. The molecule has 0 nitrogen and oxygen atoms in total. The van der Waals surface area contributed by atoms with Crippen molar-refractivity contribution in [1.82, 2.24) is 0 Å². The van der Waals surface area contributed by atoms with Crippen molar-refractivity contribution in [2.75, 3.05) is 0 Å². The van der Waals surface area contributed by atoms with Crippen molar-refractivity contribution in [1.29, 1.82) is 0 Å². The zero-order chi connectivity index (χ0) is 0. The third-order valence-corrected chi connectivity index (χ3v) is 0. The van der Waals surface area contributed by atoms with Gasteiger partial charge in [-0.1, -0.05) is 0 Å². The first-order valence-corrected chi connectivity index (χ1v) is 0. The number of hydrogen-bond acceptors (Lipinski definition) is 0. The van der Waals surface area contributed by atoms with E-state index in [2.05, 4.69) is 0 Å². The third kappa shape index (κ3) is 8.83. The van der Waals surface area contributed by atoms with Crippen LogP contribution in [0.25, 0.3) is 0 Å². The van der Waals surface area contributed by atoms with Gasteiger partial charge in [0.05, 0.1) is 8.41 Å². The molecule has 0 unspecified atom stereocenters. The van der Waals surface area contributed by atoms with Crippen molar-refractivity contribution in [2.45, 2.75) is 0 Å². The molecule has 0 bridgehead atoms. The predicted molar refractivity (Wildman–Crippen MR) is 29.8 cm³/mol. The van der Waals surface area contributed by atoms with Gasteiger partial charge in [-0.3, -0.25) is 0 Å². The molecule has 30 valence electrons. The summed E-state index contributed by atoms with van der Waals surface area (Å²) in [5, 5.41) is 0. The molecule has 0 radical (unpaired) electrons. The summed E-state index contributed by atoms with van der Waals surface area (Å²) in [6.45, 7) is 0. The van der Waals surface area contributed by atoms with E-state index < -0.39 is 0 Å². The van der Waals surface area contributed by atoms with Crippen LogP contribution in [-0.2, 0) is 0 Å². The van der Waals surface area contributed by atoms with Gasteiger partial charge in [-0.05, 0) is 0 Å². The van der Waals surface area contributed by atoms with Crippen LogP contribution in [0.1, 0.15) is 0 Å². The maximum absolute atomic E-state index is 0. The van der Waals surface area contributed by atoms with Crippen LogP contribution in [0.4, 0.5) is 0 Å². The molecular formula is H9AlBErIn. The molecule has 0 aliphatic carbocycles. The van der Waals surface area contributed by atoms with Crippen molar-refractivity contribution in [3.63, 3.8) is 0 Å². The van der Waals surface area contributed by atoms with E-state index in [4.69, 9.17) is 0 Å². The fourth-order valence-electron chi connectivity index (χ4n) is 0. The summed E-state index contributed by atoms with van der Waals surface area (Å²) in [7, 11) is 0. The van der Waals surface area contributed by atoms with Crippen molar-refractivity contribution in [2.24, 2.45) is 0 Å². The Kier molecular flexibility index (Phi) is 128. The summed E-state index contributed by atoms with van der Waals surface area (Å²) in [5.41, 5.74) is 0. The quantitative estimate of drug-likeness (QED) is 0.404. The Morgan fingerprint density at radius 1 is 1.00 bits per heavy atom. The van der Waals surface area contributed by atoms with Crippen LogP contribution in [0.15, 0.2) is 0 Å². The second kappa shape index (κ2) is 17.2. The molecule has 0 aromatic heterocycles. The molecule has 0 heterocycles. The number of hydrogen-bond donors (Lipinski definition) is 0. The monoisotopic (exact) mass is 328 g/mol. The molecule has 0 saturated heterocycles. The van der Waals surface area contributed by atoms with Gasteiger partial charge >= 0.3 is 25.8 Å². The molecule has 0 aromatic rings. The summed E-state index contributed by atoms with van der Waals surface area (Å²) in [6, 6.07) is 0. The topological polar surface area (TPSA) is 0 Å². The first-order chi connectivity index (χ1) is 0. The van der Waals surface area contributed by atoms with E-state index in [1.807, 2.05) is 0 Å². The standard InChI is InChI=1S/Al.BH3.Er.In.6H/h;1H3;;;;;;;;. The molecule has 0 aliphatic heterocycles. The molecule has 0 N–H and O–H groups in total. The van der Waals surface area contributed by atoms with Crippen molar-refractivity contribution < 1.29 is 37.3 Å². The van der Waals surface area contributed by atoms with Crippen LogP contribution in [0.5, 0.6) is 0 Å². The molecule has 0 spiro atoms. The zero-order valence-corrected chi connectivity index (χ0v) is 2.14. The van der Waals surface area contributed by atoms with Crippen molar-refractivity contribution in [3.05, 3.63) is 0 Å². The predicted octanol–water partition coefficient (Wildman–Crippen LogP) is -3.55. The normalized spacial score (nSPS) is 0. The summed E-state index contributed by atoms with van der Waals surface area (Å²) in [4.78, 5) is 0. The van der Waals surface area contributed by atoms with E-state index in [9.17, 15) is 0 Å². The summed E-state index contributed by atoms with van der Waals surface area (Å²) in [5.74, 6) is 0. The molecule has 0 amide bonds. The Balaban J connectivity index is 0. The van der Waals surface area contributed by atoms with Gasteiger partial charge < -0.3 is 0 Å². The summed E-state index contributed by atoms with van der Waals surface area (Å²) < 4.78 is 0. The Morgan fingerprint density at radius 2 is 1.00 bits per heavy atom. The van der Waals surface area contributed by atoms with Gasteiger partial charge in [0.2, 0.25) is 0 Å². The van der Waals surface area contributed by atoms with Gasteiger partial charge in [-0.25, -0.2) is 0 Å². The molecule has 0 aromatic carbocycles. The van der Waals surface area contributed by atoms with Crippen LogP contribution in [0.2, 0.25) is 0 Å². The van der Waals surface area contributed by atoms with Crippen molar-refractivity contribution in [3.8, 4) is 0 Å². The van der Waals surface area contributed by atoms with Crippen LogP contribution in [-0.4, -0.2) is 51.6 Å². The Morgan fingerprint density at radius 3 is 1.00 bits per heavy atom. The fraction of sp³-hybridized carbons (Fsp3) is 0. The Labute approximate surface area is 87.2 Å². The minimum absolute atomic E-state index is 0. The second-order valence-electron chi connectivity index (χ2n) is 0. The molecule has 0 rings (SSSR count). The van der Waals surface area contributed by atoms with Crippen molar-refractivity contribution >= 4 is 51.6 Å². The van der Waals surface area contributed by atoms with Gasteiger partial charge in [-0.15, -0.1) is 0 Å². The fourth-order valence-corrected chi connectivity index (χ4v) is 0. The van der Waals surface area contributed by atoms with Gasteiger partial charge in [0, 0.05) is 37.3 Å². The zero-order valence-electron chi connectivity index (χ0n) is 0.289. The van der Waals surface area contributed by atoms with Crippen LogP contribution < -0.4 is 0 Å². The molecule has 0 aliphatic rings. The van der Waals surface area contributed by atoms with E-state index in [-0.39, 0.29) is 88.9 Å². The SMILES string of the molecule is B.[AlH3].[Er].[InH3]. The molecule has 0 fully saturated rings. The van der Waals surface area contributed by atoms with E-state index in [1.165, 1.54) is 0 Å². The molecule has 0 atom stereocenters. The maximum atomic E-state index is 0. The van der Waals surface area contributed by atoms with Crippen LogP contribution in [0, 0.1) is 37.3 Å². The third-order valence-electron chi connectivity index (χ3n) is 0. The minimum atomic E-state index is 0. The summed E-state index contributed by atoms with van der Waals surface area (Å²) in [6.07, 6.45) is 0. The molecule has 4 heavy (non-hydrogen) atoms. The van der Waals surface area contributed by atoms with E-state index >= 15 is 0 Å². The Hall–Kier alpha value is 2.71. The van der Waals surface area contributed by atoms with E-state index in [0.29, 0.717) is 0 Å². The first kappa shape index (κ1) is 29.8. The van der Waals surface area contributed by atoms with E-state index in [0.717, 1.165) is 0 Å². The van der Waals surface area contributed by atoms with Crippen LogP contribution in [0.3, 0.4) is 0 Å². The van der Waals surface area contributed by atoms with E-state index in [1.54, 1.807) is 0 Å². The average molecular weight is 329 g/mol. The molecular weight excluding hydrogens is 320 g/mol. The molecule has 0 saturated carbocycles. The Bertz CT molecular complexity index is 8.00. The first-order valence-electron chi connectivity index (χ1n) is 0. The van der Waals surface area contributed by atoms with Gasteiger partial charge in [0.25, 0.3) is 0 Å². The van der Waals surface area contributed by atoms with Gasteiger partial charge in [-0.2, -0.15) is 0 Å². The van der Waals surface area contributed by atoms with Gasteiger partial charge in [0.15, 0.2) is 17.4 Å². The number of rotatable bonds is 0.